The van der Waals surface area contributed by atoms with Crippen LogP contribution in [0.25, 0.3) is 0 Å². The fraction of sp³-hybridized carbons (Fsp3) is 0.300. The number of sulfonamides is 1. The molecule has 29 heavy (non-hydrogen) atoms. The van der Waals surface area contributed by atoms with Crippen molar-refractivity contribution in [1.29, 1.82) is 0 Å². The van der Waals surface area contributed by atoms with Gasteiger partial charge in [-0.15, -0.1) is 0 Å². The number of halogens is 1. The molecule has 2 aromatic carbocycles. The predicted octanol–water partition coefficient (Wildman–Crippen LogP) is 2.40. The standard InChI is InChI=1S/C20H22ClN3O4S/c1-13(25)23-18(14-3-5-16(21)6-4-14)12-20(26)24-10-9-15-11-17(7-8-19(15)24)29(27,28)22-2/h3-8,11,18,22H,9-10,12H2,1-2H3,(H,23,25). The van der Waals surface area contributed by atoms with Gasteiger partial charge in [0.25, 0.3) is 0 Å². The first kappa shape index (κ1) is 21.3. The van der Waals surface area contributed by atoms with E-state index in [2.05, 4.69) is 10.0 Å². The summed E-state index contributed by atoms with van der Waals surface area (Å²) in [6, 6.07) is 11.2. The topological polar surface area (TPSA) is 95.6 Å². The molecule has 2 aromatic rings. The first-order chi connectivity index (χ1) is 13.7. The summed E-state index contributed by atoms with van der Waals surface area (Å²) >= 11 is 5.93. The Bertz CT molecular complexity index is 1040. The number of hydrogen-bond acceptors (Lipinski definition) is 4. The van der Waals surface area contributed by atoms with Crippen molar-refractivity contribution < 1.29 is 18.0 Å². The molecule has 9 heteroatoms. The number of carbonyl (C=O) groups excluding carboxylic acids is 2. The van der Waals surface area contributed by atoms with Crippen molar-refractivity contribution in [2.75, 3.05) is 18.5 Å². The first-order valence-electron chi connectivity index (χ1n) is 9.10. The van der Waals surface area contributed by atoms with Crippen LogP contribution in [0.5, 0.6) is 0 Å². The van der Waals surface area contributed by atoms with E-state index in [9.17, 15) is 18.0 Å². The first-order valence-corrected chi connectivity index (χ1v) is 11.0. The van der Waals surface area contributed by atoms with E-state index in [0.29, 0.717) is 23.7 Å². The second-order valence-electron chi connectivity index (χ2n) is 6.80. The zero-order valence-electron chi connectivity index (χ0n) is 16.1. The van der Waals surface area contributed by atoms with Gasteiger partial charge < -0.3 is 10.2 Å². The zero-order chi connectivity index (χ0) is 21.2. The minimum Gasteiger partial charge on any atom is -0.349 e. The van der Waals surface area contributed by atoms with Gasteiger partial charge in [0.1, 0.15) is 0 Å². The molecule has 1 heterocycles. The normalized spacial score (nSPS) is 14.4. The lowest BCUT2D eigenvalue weighted by molar-refractivity contribution is -0.121. The van der Waals surface area contributed by atoms with E-state index in [1.165, 1.54) is 20.0 Å². The summed E-state index contributed by atoms with van der Waals surface area (Å²) in [5.41, 5.74) is 2.29. The number of nitrogens with zero attached hydrogens (tertiary/aromatic N) is 1. The number of nitrogens with one attached hydrogen (secondary N) is 2. The SMILES string of the molecule is CNS(=O)(=O)c1ccc2c(c1)CCN2C(=O)CC(NC(C)=O)c1ccc(Cl)cc1. The Kier molecular flexibility index (Phi) is 6.26. The molecule has 0 radical (unpaired) electrons. The molecular weight excluding hydrogens is 414 g/mol. The van der Waals surface area contributed by atoms with Gasteiger partial charge in [0.15, 0.2) is 0 Å². The van der Waals surface area contributed by atoms with Gasteiger partial charge >= 0.3 is 0 Å². The number of amides is 2. The third-order valence-electron chi connectivity index (χ3n) is 4.86. The lowest BCUT2D eigenvalue weighted by Crippen LogP contribution is -2.35. The second-order valence-corrected chi connectivity index (χ2v) is 9.13. The molecule has 0 saturated heterocycles. The molecule has 154 valence electrons. The van der Waals surface area contributed by atoms with Gasteiger partial charge in [-0.1, -0.05) is 23.7 Å². The van der Waals surface area contributed by atoms with Crippen LogP contribution in [0, 0.1) is 0 Å². The van der Waals surface area contributed by atoms with Gasteiger partial charge in [-0.3, -0.25) is 9.59 Å². The Hall–Kier alpha value is -2.42. The highest BCUT2D eigenvalue weighted by Gasteiger charge is 2.28. The second kappa shape index (κ2) is 8.52. The molecule has 0 spiro atoms. The van der Waals surface area contributed by atoms with Crippen LogP contribution >= 0.6 is 11.6 Å². The maximum atomic E-state index is 13.0. The van der Waals surface area contributed by atoms with Crippen LogP contribution in [-0.4, -0.2) is 33.8 Å². The third kappa shape index (κ3) is 4.77. The molecule has 1 aliphatic rings. The predicted molar refractivity (Wildman–Crippen MR) is 111 cm³/mol. The molecule has 2 amide bonds. The molecule has 1 atom stereocenters. The van der Waals surface area contributed by atoms with E-state index in [0.717, 1.165) is 11.1 Å². The van der Waals surface area contributed by atoms with Crippen LogP contribution in [-0.2, 0) is 26.0 Å². The highest BCUT2D eigenvalue weighted by Crippen LogP contribution is 2.32. The van der Waals surface area contributed by atoms with Gasteiger partial charge in [0.2, 0.25) is 21.8 Å². The molecule has 2 N–H and O–H groups in total. The average Bonchev–Trinajstić information content (AvgIpc) is 3.11. The van der Waals surface area contributed by atoms with Gasteiger partial charge in [0.05, 0.1) is 17.4 Å². The van der Waals surface area contributed by atoms with Crippen LogP contribution in [0.4, 0.5) is 5.69 Å². The molecule has 0 aliphatic carbocycles. The average molecular weight is 436 g/mol. The lowest BCUT2D eigenvalue weighted by Gasteiger charge is -2.23. The minimum atomic E-state index is -3.54. The van der Waals surface area contributed by atoms with Crippen molar-refractivity contribution in [3.8, 4) is 0 Å². The third-order valence-corrected chi connectivity index (χ3v) is 6.52. The molecule has 0 bridgehead atoms. The Balaban J connectivity index is 1.82. The fourth-order valence-electron chi connectivity index (χ4n) is 3.40. The Morgan fingerprint density at radius 1 is 1.17 bits per heavy atom. The summed E-state index contributed by atoms with van der Waals surface area (Å²) < 4.78 is 26.3. The van der Waals surface area contributed by atoms with Crippen molar-refractivity contribution in [2.45, 2.75) is 30.7 Å². The molecule has 1 aliphatic heterocycles. The maximum absolute atomic E-state index is 13.0. The van der Waals surface area contributed by atoms with Crippen molar-refractivity contribution in [2.24, 2.45) is 0 Å². The zero-order valence-corrected chi connectivity index (χ0v) is 17.7. The van der Waals surface area contributed by atoms with E-state index >= 15 is 0 Å². The molecule has 0 aromatic heterocycles. The van der Waals surface area contributed by atoms with Crippen molar-refractivity contribution >= 4 is 39.1 Å². The monoisotopic (exact) mass is 435 g/mol. The Morgan fingerprint density at radius 3 is 2.48 bits per heavy atom. The highest BCUT2D eigenvalue weighted by atomic mass is 35.5. The molecule has 7 nitrogen and oxygen atoms in total. The van der Waals surface area contributed by atoms with E-state index in [4.69, 9.17) is 11.6 Å². The smallest absolute Gasteiger partial charge is 0.240 e. The van der Waals surface area contributed by atoms with Gasteiger partial charge in [-0.2, -0.15) is 0 Å². The summed E-state index contributed by atoms with van der Waals surface area (Å²) in [4.78, 5) is 26.4. The largest absolute Gasteiger partial charge is 0.349 e. The Morgan fingerprint density at radius 2 is 1.86 bits per heavy atom. The molecular formula is C20H22ClN3O4S. The van der Waals surface area contributed by atoms with Gasteiger partial charge in [-0.05, 0) is 54.9 Å². The van der Waals surface area contributed by atoms with Crippen LogP contribution in [0.15, 0.2) is 47.4 Å². The summed E-state index contributed by atoms with van der Waals surface area (Å²) in [6.45, 7) is 1.87. The van der Waals surface area contributed by atoms with E-state index < -0.39 is 16.1 Å². The summed E-state index contributed by atoms with van der Waals surface area (Å²) in [5.74, 6) is -0.386. The fourth-order valence-corrected chi connectivity index (χ4v) is 4.31. The summed E-state index contributed by atoms with van der Waals surface area (Å²) in [7, 11) is -2.18. The number of hydrogen-bond donors (Lipinski definition) is 2. The van der Waals surface area contributed by atoms with Crippen LogP contribution in [0.1, 0.15) is 30.5 Å². The number of rotatable bonds is 6. The number of carbonyl (C=O) groups is 2. The van der Waals surface area contributed by atoms with Gasteiger partial charge in [0, 0.05) is 24.2 Å². The van der Waals surface area contributed by atoms with Crippen molar-refractivity contribution in [3.05, 3.63) is 58.6 Å². The molecule has 3 rings (SSSR count). The van der Waals surface area contributed by atoms with Crippen LogP contribution < -0.4 is 14.9 Å². The molecule has 0 fully saturated rings. The van der Waals surface area contributed by atoms with Crippen LogP contribution in [0.3, 0.4) is 0 Å². The van der Waals surface area contributed by atoms with Crippen molar-refractivity contribution in [3.63, 3.8) is 0 Å². The van der Waals surface area contributed by atoms with Gasteiger partial charge in [-0.25, -0.2) is 13.1 Å². The Labute approximate surface area is 175 Å². The van der Waals surface area contributed by atoms with Crippen LogP contribution in [0.2, 0.25) is 5.02 Å². The molecule has 0 saturated carbocycles. The van der Waals surface area contributed by atoms with Crippen molar-refractivity contribution in [1.82, 2.24) is 10.0 Å². The molecule has 1 unspecified atom stereocenters. The maximum Gasteiger partial charge on any atom is 0.240 e. The quantitative estimate of drug-likeness (QED) is 0.728. The van der Waals surface area contributed by atoms with E-state index in [1.807, 2.05) is 0 Å². The minimum absolute atomic E-state index is 0.0806. The number of fused-ring (bicyclic) bond motifs is 1. The summed E-state index contributed by atoms with van der Waals surface area (Å²) in [6.07, 6.45) is 0.650. The highest BCUT2D eigenvalue weighted by molar-refractivity contribution is 7.89. The van der Waals surface area contributed by atoms with E-state index in [-0.39, 0.29) is 23.1 Å². The van der Waals surface area contributed by atoms with E-state index in [1.54, 1.807) is 41.3 Å². The number of benzene rings is 2. The lowest BCUT2D eigenvalue weighted by atomic mass is 10.0. The number of anilines is 1. The summed E-state index contributed by atoms with van der Waals surface area (Å²) in [5, 5.41) is 3.39.